The summed E-state index contributed by atoms with van der Waals surface area (Å²) in [7, 11) is 3.08. The summed E-state index contributed by atoms with van der Waals surface area (Å²) in [4.78, 5) is 32.9. The van der Waals surface area contributed by atoms with E-state index in [0.717, 1.165) is 21.7 Å². The van der Waals surface area contributed by atoms with Crippen molar-refractivity contribution in [3.8, 4) is 0 Å². The lowest BCUT2D eigenvalue weighted by Crippen LogP contribution is -2.37. The fourth-order valence-corrected chi connectivity index (χ4v) is 3.01. The molecule has 0 bridgehead atoms. The Kier molecular flexibility index (Phi) is 3.25. The minimum absolute atomic E-state index is 0.337. The molecular formula is C13H15N5O2S. The van der Waals surface area contributed by atoms with Crippen LogP contribution in [-0.4, -0.2) is 23.7 Å². The Labute approximate surface area is 124 Å². The van der Waals surface area contributed by atoms with Crippen molar-refractivity contribution in [3.05, 3.63) is 43.2 Å². The smallest absolute Gasteiger partial charge is 0.319 e. The third-order valence-corrected chi connectivity index (χ3v) is 4.49. The summed E-state index contributed by atoms with van der Waals surface area (Å²) in [6.07, 6.45) is 2.47. The number of rotatable bonds is 3. The van der Waals surface area contributed by atoms with Crippen molar-refractivity contribution in [3.63, 3.8) is 0 Å². The second-order valence-electron chi connectivity index (χ2n) is 4.84. The molecule has 3 aromatic rings. The molecule has 0 spiro atoms. The van der Waals surface area contributed by atoms with E-state index in [1.165, 1.54) is 11.6 Å². The average molecular weight is 305 g/mol. The van der Waals surface area contributed by atoms with Crippen LogP contribution in [0.3, 0.4) is 0 Å². The molecule has 7 nitrogen and oxygen atoms in total. The number of thiazole rings is 1. The molecule has 0 aromatic carbocycles. The van der Waals surface area contributed by atoms with E-state index < -0.39 is 0 Å². The van der Waals surface area contributed by atoms with Crippen LogP contribution < -0.4 is 11.2 Å². The number of fused-ring (bicyclic) bond motifs is 1. The Balaban J connectivity index is 2.16. The molecule has 0 N–H and O–H groups in total. The summed E-state index contributed by atoms with van der Waals surface area (Å²) >= 11 is 1.61. The predicted octanol–water partition coefficient (Wildman–Crippen LogP) is 0.501. The molecular weight excluding hydrogens is 290 g/mol. The lowest BCUT2D eigenvalue weighted by atomic mass is 10.4. The maximum absolute atomic E-state index is 12.3. The largest absolute Gasteiger partial charge is 0.332 e. The zero-order chi connectivity index (χ0) is 15.1. The minimum atomic E-state index is -0.375. The first-order valence-electron chi connectivity index (χ1n) is 6.57. The van der Waals surface area contributed by atoms with Crippen molar-refractivity contribution in [2.75, 3.05) is 0 Å². The fourth-order valence-electron chi connectivity index (χ4n) is 2.28. The molecule has 0 atom stereocenters. The molecule has 0 unspecified atom stereocenters. The van der Waals surface area contributed by atoms with Crippen molar-refractivity contribution in [2.45, 2.75) is 19.9 Å². The number of hydrogen-bond acceptors (Lipinski definition) is 5. The van der Waals surface area contributed by atoms with Crippen LogP contribution in [0.1, 0.15) is 17.6 Å². The van der Waals surface area contributed by atoms with Crippen LogP contribution in [0.2, 0.25) is 0 Å². The van der Waals surface area contributed by atoms with E-state index in [9.17, 15) is 9.59 Å². The normalized spacial score (nSPS) is 11.4. The first kappa shape index (κ1) is 13.7. The zero-order valence-electron chi connectivity index (χ0n) is 12.0. The molecule has 0 amide bonds. The van der Waals surface area contributed by atoms with Gasteiger partial charge in [0.05, 0.1) is 23.6 Å². The lowest BCUT2D eigenvalue weighted by Gasteiger charge is -2.05. The van der Waals surface area contributed by atoms with E-state index in [1.807, 2.05) is 5.38 Å². The van der Waals surface area contributed by atoms with E-state index in [2.05, 4.69) is 16.9 Å². The van der Waals surface area contributed by atoms with Crippen LogP contribution in [0.25, 0.3) is 11.2 Å². The highest BCUT2D eigenvalue weighted by Crippen LogP contribution is 2.13. The Hall–Kier alpha value is -2.22. The predicted molar refractivity (Wildman–Crippen MR) is 80.8 cm³/mol. The number of hydrogen-bond donors (Lipinski definition) is 0. The van der Waals surface area contributed by atoms with Gasteiger partial charge < -0.3 is 4.57 Å². The van der Waals surface area contributed by atoms with Gasteiger partial charge in [-0.15, -0.1) is 11.3 Å². The van der Waals surface area contributed by atoms with Gasteiger partial charge in [-0.3, -0.25) is 13.9 Å². The molecule has 3 rings (SSSR count). The van der Waals surface area contributed by atoms with Crippen LogP contribution >= 0.6 is 11.3 Å². The topological polar surface area (TPSA) is 74.7 Å². The van der Waals surface area contributed by atoms with Crippen LogP contribution in [0.15, 0.2) is 21.3 Å². The van der Waals surface area contributed by atoms with E-state index in [4.69, 9.17) is 0 Å². The van der Waals surface area contributed by atoms with Crippen LogP contribution in [0, 0.1) is 0 Å². The first-order valence-corrected chi connectivity index (χ1v) is 7.45. The number of imidazole rings is 1. The molecule has 3 aromatic heterocycles. The van der Waals surface area contributed by atoms with E-state index in [-0.39, 0.29) is 11.2 Å². The van der Waals surface area contributed by atoms with Crippen LogP contribution in [-0.2, 0) is 27.1 Å². The third-order valence-electron chi connectivity index (χ3n) is 3.45. The zero-order valence-corrected chi connectivity index (χ0v) is 12.8. The number of aromatic nitrogens is 5. The summed E-state index contributed by atoms with van der Waals surface area (Å²) in [5.41, 5.74) is 1.00. The van der Waals surface area contributed by atoms with E-state index in [0.29, 0.717) is 17.7 Å². The summed E-state index contributed by atoms with van der Waals surface area (Å²) in [6, 6.07) is 0. The molecule has 0 aliphatic rings. The minimum Gasteiger partial charge on any atom is -0.319 e. The molecule has 0 aliphatic carbocycles. The van der Waals surface area contributed by atoms with Crippen molar-refractivity contribution < 1.29 is 0 Å². The summed E-state index contributed by atoms with van der Waals surface area (Å²) in [6.45, 7) is 2.53. The van der Waals surface area contributed by atoms with Gasteiger partial charge in [0.15, 0.2) is 11.2 Å². The van der Waals surface area contributed by atoms with Gasteiger partial charge in [-0.05, 0) is 6.42 Å². The molecule has 8 heteroatoms. The van der Waals surface area contributed by atoms with E-state index in [1.54, 1.807) is 29.3 Å². The van der Waals surface area contributed by atoms with Crippen molar-refractivity contribution in [1.82, 2.24) is 23.7 Å². The highest BCUT2D eigenvalue weighted by Gasteiger charge is 2.14. The Bertz CT molecular complexity index is 930. The van der Waals surface area contributed by atoms with Gasteiger partial charge in [-0.25, -0.2) is 14.8 Å². The SMILES string of the molecule is CCc1nc(Cn2cnc3c2c(=O)n(C)c(=O)n3C)cs1. The van der Waals surface area contributed by atoms with Crippen LogP contribution in [0.5, 0.6) is 0 Å². The van der Waals surface area contributed by atoms with Crippen molar-refractivity contribution in [2.24, 2.45) is 14.1 Å². The van der Waals surface area contributed by atoms with Crippen molar-refractivity contribution in [1.29, 1.82) is 0 Å². The maximum Gasteiger partial charge on any atom is 0.332 e. The highest BCUT2D eigenvalue weighted by atomic mass is 32.1. The summed E-state index contributed by atoms with van der Waals surface area (Å²) < 4.78 is 4.22. The van der Waals surface area contributed by atoms with Crippen molar-refractivity contribution >= 4 is 22.5 Å². The third kappa shape index (κ3) is 2.11. The molecule has 0 saturated carbocycles. The molecule has 110 valence electrons. The lowest BCUT2D eigenvalue weighted by molar-refractivity contribution is 0.701. The number of aryl methyl sites for hydroxylation is 2. The number of nitrogens with zero attached hydrogens (tertiary/aromatic N) is 5. The highest BCUT2D eigenvalue weighted by molar-refractivity contribution is 7.09. The standard InChI is InChI=1S/C13H15N5O2S/c1-4-9-15-8(6-21-9)5-18-7-14-11-10(18)12(19)17(3)13(20)16(11)2/h6-7H,4-5H2,1-3H3. The first-order chi connectivity index (χ1) is 10.0. The molecule has 0 radical (unpaired) electrons. The Morgan fingerprint density at radius 2 is 2.00 bits per heavy atom. The quantitative estimate of drug-likeness (QED) is 0.706. The van der Waals surface area contributed by atoms with Gasteiger partial charge in [0.1, 0.15) is 0 Å². The van der Waals surface area contributed by atoms with Gasteiger partial charge in [-0.2, -0.15) is 0 Å². The molecule has 0 fully saturated rings. The van der Waals surface area contributed by atoms with E-state index >= 15 is 0 Å². The van der Waals surface area contributed by atoms with Gasteiger partial charge in [-0.1, -0.05) is 6.92 Å². The monoisotopic (exact) mass is 305 g/mol. The van der Waals surface area contributed by atoms with Gasteiger partial charge in [0.25, 0.3) is 5.56 Å². The van der Waals surface area contributed by atoms with Gasteiger partial charge in [0.2, 0.25) is 0 Å². The Morgan fingerprint density at radius 1 is 1.24 bits per heavy atom. The summed E-state index contributed by atoms with van der Waals surface area (Å²) in [5.74, 6) is 0. The van der Waals surface area contributed by atoms with Crippen LogP contribution in [0.4, 0.5) is 0 Å². The fraction of sp³-hybridized carbons (Fsp3) is 0.385. The second kappa shape index (κ2) is 4.96. The average Bonchev–Trinajstić information content (AvgIpc) is 3.10. The molecule has 0 saturated heterocycles. The second-order valence-corrected chi connectivity index (χ2v) is 5.78. The summed E-state index contributed by atoms with van der Waals surface area (Å²) in [5, 5.41) is 3.05. The Morgan fingerprint density at radius 3 is 2.67 bits per heavy atom. The maximum atomic E-state index is 12.3. The molecule has 3 heterocycles. The molecule has 21 heavy (non-hydrogen) atoms. The van der Waals surface area contributed by atoms with Gasteiger partial charge >= 0.3 is 5.69 Å². The molecule has 0 aliphatic heterocycles. The van der Waals surface area contributed by atoms with Gasteiger partial charge in [0, 0.05) is 19.5 Å².